The van der Waals surface area contributed by atoms with Gasteiger partial charge in [-0.3, -0.25) is 9.59 Å². The molecule has 6 nitrogen and oxygen atoms in total. The van der Waals surface area contributed by atoms with Gasteiger partial charge in [0.25, 0.3) is 0 Å². The van der Waals surface area contributed by atoms with Crippen LogP contribution in [0.2, 0.25) is 0 Å². The lowest BCUT2D eigenvalue weighted by Crippen LogP contribution is -2.60. The van der Waals surface area contributed by atoms with Crippen LogP contribution in [0.1, 0.15) is 19.8 Å². The number of aliphatic hydroxyl groups excluding tert-OH is 1. The zero-order valence-electron chi connectivity index (χ0n) is 10.2. The highest BCUT2D eigenvalue weighted by Gasteiger charge is 2.62. The Hall–Kier alpha value is -0.790. The van der Waals surface area contributed by atoms with Crippen LogP contribution in [-0.2, 0) is 9.59 Å². The number of hydrogen-bond donors (Lipinski definition) is 3. The Morgan fingerprint density at radius 2 is 2.39 bits per heavy atom. The second-order valence-electron chi connectivity index (χ2n) is 4.93. The second kappa shape index (κ2) is 4.71. The highest BCUT2D eigenvalue weighted by atomic mass is 32.2. The van der Waals surface area contributed by atoms with Gasteiger partial charge >= 0.3 is 5.97 Å². The van der Waals surface area contributed by atoms with E-state index in [0.717, 1.165) is 0 Å². The van der Waals surface area contributed by atoms with Gasteiger partial charge in [-0.05, 0) is 26.3 Å². The van der Waals surface area contributed by atoms with E-state index in [0.29, 0.717) is 19.4 Å². The lowest BCUT2D eigenvalue weighted by Gasteiger charge is -2.42. The van der Waals surface area contributed by atoms with E-state index >= 15 is 0 Å². The zero-order valence-corrected chi connectivity index (χ0v) is 11.0. The molecule has 4 N–H and O–H groups in total. The molecule has 2 heterocycles. The minimum Gasteiger partial charge on any atom is -0.480 e. The molecule has 3 unspecified atom stereocenters. The van der Waals surface area contributed by atoms with Gasteiger partial charge in [-0.2, -0.15) is 0 Å². The summed E-state index contributed by atoms with van der Waals surface area (Å²) in [6.07, 6.45) is 0.342. The zero-order chi connectivity index (χ0) is 13.5. The summed E-state index contributed by atoms with van der Waals surface area (Å²) in [4.78, 5) is 24.8. The standard InChI is InChI=1S/C11H18N2O4S/c1-6(14)7-8(15)13-5-11(10(16)17,3-2-4-12)18-9(7)13/h6-7,9,14H,2-5,12H2,1H3,(H,16,17)/t6?,7?,9-,11?/m1/s1. The van der Waals surface area contributed by atoms with Crippen molar-refractivity contribution >= 4 is 23.6 Å². The largest absolute Gasteiger partial charge is 0.480 e. The maximum absolute atomic E-state index is 11.8. The van der Waals surface area contributed by atoms with Crippen LogP contribution < -0.4 is 5.73 Å². The highest BCUT2D eigenvalue weighted by Crippen LogP contribution is 2.52. The van der Waals surface area contributed by atoms with E-state index in [9.17, 15) is 19.8 Å². The molecule has 0 aliphatic carbocycles. The smallest absolute Gasteiger partial charge is 0.321 e. The number of nitrogens with two attached hydrogens (primary N) is 1. The molecular formula is C11H18N2O4S. The number of carboxylic acid groups (broad SMARTS) is 1. The van der Waals surface area contributed by atoms with Gasteiger partial charge < -0.3 is 20.8 Å². The number of rotatable bonds is 5. The average Bonchev–Trinajstić information content (AvgIpc) is 2.62. The van der Waals surface area contributed by atoms with Crippen molar-refractivity contribution in [3.8, 4) is 0 Å². The van der Waals surface area contributed by atoms with E-state index in [-0.39, 0.29) is 17.8 Å². The molecule has 0 spiro atoms. The molecular weight excluding hydrogens is 256 g/mol. The van der Waals surface area contributed by atoms with Crippen LogP contribution in [0.5, 0.6) is 0 Å². The number of β-lactam (4-membered cyclic amide) rings is 1. The molecule has 0 bridgehead atoms. The molecule has 0 aromatic carbocycles. The monoisotopic (exact) mass is 274 g/mol. The molecule has 0 aromatic rings. The van der Waals surface area contributed by atoms with E-state index in [1.807, 2.05) is 0 Å². The minimum absolute atomic E-state index is 0.140. The SMILES string of the molecule is CC(O)C1C(=O)N2CC(CCCN)(C(=O)O)S[C@H]12. The molecule has 0 radical (unpaired) electrons. The number of carbonyl (C=O) groups excluding carboxylic acids is 1. The summed E-state index contributed by atoms with van der Waals surface area (Å²) in [6, 6.07) is 0. The van der Waals surface area contributed by atoms with Crippen molar-refractivity contribution in [3.63, 3.8) is 0 Å². The van der Waals surface area contributed by atoms with E-state index in [2.05, 4.69) is 0 Å². The van der Waals surface area contributed by atoms with Crippen molar-refractivity contribution < 1.29 is 19.8 Å². The third kappa shape index (κ3) is 1.90. The number of aliphatic carboxylic acids is 1. The molecule has 2 rings (SSSR count). The summed E-state index contributed by atoms with van der Waals surface area (Å²) >= 11 is 1.29. The van der Waals surface area contributed by atoms with Crippen LogP contribution in [0.3, 0.4) is 0 Å². The molecule has 18 heavy (non-hydrogen) atoms. The van der Waals surface area contributed by atoms with Gasteiger partial charge in [0, 0.05) is 6.54 Å². The Bertz CT molecular complexity index is 376. The molecule has 1 amide bonds. The lowest BCUT2D eigenvalue weighted by atomic mass is 9.91. The van der Waals surface area contributed by atoms with Crippen LogP contribution >= 0.6 is 11.8 Å². The highest BCUT2D eigenvalue weighted by molar-refractivity contribution is 8.02. The Kier molecular flexibility index (Phi) is 3.57. The quantitative estimate of drug-likeness (QED) is 0.582. The van der Waals surface area contributed by atoms with Gasteiger partial charge in [0.15, 0.2) is 0 Å². The maximum Gasteiger partial charge on any atom is 0.321 e. The fourth-order valence-corrected chi connectivity index (χ4v) is 4.43. The molecule has 0 aromatic heterocycles. The van der Waals surface area contributed by atoms with Gasteiger partial charge in [-0.25, -0.2) is 0 Å². The fourth-order valence-electron chi connectivity index (χ4n) is 2.59. The van der Waals surface area contributed by atoms with Gasteiger partial charge in [0.05, 0.1) is 17.4 Å². The Labute approximate surface area is 110 Å². The van der Waals surface area contributed by atoms with E-state index in [4.69, 9.17) is 5.73 Å². The molecule has 7 heteroatoms. The number of thioether (sulfide) groups is 1. The van der Waals surface area contributed by atoms with Crippen molar-refractivity contribution in [1.82, 2.24) is 4.90 Å². The summed E-state index contributed by atoms with van der Waals surface area (Å²) in [5.74, 6) is -1.50. The third-order valence-corrected chi connectivity index (χ3v) is 5.40. The van der Waals surface area contributed by atoms with Crippen LogP contribution in [0, 0.1) is 5.92 Å². The van der Waals surface area contributed by atoms with Crippen molar-refractivity contribution in [2.45, 2.75) is 36.0 Å². The first-order valence-electron chi connectivity index (χ1n) is 6.03. The van der Waals surface area contributed by atoms with Gasteiger partial charge in [0.1, 0.15) is 4.75 Å². The molecule has 4 atom stereocenters. The first kappa shape index (κ1) is 13.6. The van der Waals surface area contributed by atoms with Crippen LogP contribution in [-0.4, -0.2) is 56.3 Å². The number of nitrogens with zero attached hydrogens (tertiary/aromatic N) is 1. The fraction of sp³-hybridized carbons (Fsp3) is 0.818. The third-order valence-electron chi connectivity index (χ3n) is 3.65. The lowest BCUT2D eigenvalue weighted by molar-refractivity contribution is -0.156. The number of amides is 1. The molecule has 102 valence electrons. The summed E-state index contributed by atoms with van der Waals surface area (Å²) < 4.78 is -0.955. The first-order valence-corrected chi connectivity index (χ1v) is 6.91. The minimum atomic E-state index is -0.955. The normalized spacial score (nSPS) is 36.2. The molecule has 2 aliphatic rings. The topological polar surface area (TPSA) is 104 Å². The van der Waals surface area contributed by atoms with E-state index < -0.39 is 22.7 Å². The Morgan fingerprint density at radius 3 is 2.89 bits per heavy atom. The van der Waals surface area contributed by atoms with Gasteiger partial charge in [-0.15, -0.1) is 11.8 Å². The van der Waals surface area contributed by atoms with Crippen molar-refractivity contribution in [2.75, 3.05) is 13.1 Å². The number of carboxylic acids is 1. The van der Waals surface area contributed by atoms with Crippen LogP contribution in [0.25, 0.3) is 0 Å². The molecule has 2 saturated heterocycles. The van der Waals surface area contributed by atoms with Gasteiger partial charge in [-0.1, -0.05) is 0 Å². The summed E-state index contributed by atoms with van der Waals surface area (Å²) in [6.45, 7) is 2.23. The number of hydrogen-bond acceptors (Lipinski definition) is 5. The number of fused-ring (bicyclic) bond motifs is 1. The van der Waals surface area contributed by atoms with Crippen molar-refractivity contribution in [3.05, 3.63) is 0 Å². The first-order chi connectivity index (χ1) is 8.43. The van der Waals surface area contributed by atoms with Gasteiger partial charge in [0.2, 0.25) is 5.91 Å². The van der Waals surface area contributed by atoms with Crippen LogP contribution in [0.4, 0.5) is 0 Å². The molecule has 2 fully saturated rings. The van der Waals surface area contributed by atoms with E-state index in [1.54, 1.807) is 11.8 Å². The predicted octanol–water partition coefficient (Wildman–Crippen LogP) is -0.539. The average molecular weight is 274 g/mol. The summed E-state index contributed by atoms with van der Waals surface area (Å²) in [5, 5.41) is 18.7. The Balaban J connectivity index is 2.14. The van der Waals surface area contributed by atoms with Crippen molar-refractivity contribution in [2.24, 2.45) is 11.7 Å². The van der Waals surface area contributed by atoms with Crippen molar-refractivity contribution in [1.29, 1.82) is 0 Å². The number of carbonyl (C=O) groups is 2. The van der Waals surface area contributed by atoms with Crippen LogP contribution in [0.15, 0.2) is 0 Å². The predicted molar refractivity (Wildman–Crippen MR) is 66.9 cm³/mol. The molecule has 2 aliphatic heterocycles. The summed E-state index contributed by atoms with van der Waals surface area (Å²) in [5.41, 5.74) is 5.43. The van der Waals surface area contributed by atoms with E-state index in [1.165, 1.54) is 11.8 Å². The number of aliphatic hydroxyl groups is 1. The Morgan fingerprint density at radius 1 is 1.72 bits per heavy atom. The second-order valence-corrected chi connectivity index (χ2v) is 6.43. The molecule has 0 saturated carbocycles. The maximum atomic E-state index is 11.8. The summed E-state index contributed by atoms with van der Waals surface area (Å²) in [7, 11) is 0.